The molecule has 1 N–H and O–H groups in total. The van der Waals surface area contributed by atoms with Gasteiger partial charge >= 0.3 is 0 Å². The number of aryl methyl sites for hydroxylation is 1. The fraction of sp³-hybridized carbons (Fsp3) is 0.750. The van der Waals surface area contributed by atoms with Gasteiger partial charge in [0.15, 0.2) is 0 Å². The molecule has 1 aromatic heterocycles. The summed E-state index contributed by atoms with van der Waals surface area (Å²) in [7, 11) is 0. The van der Waals surface area contributed by atoms with E-state index < -0.39 is 0 Å². The first kappa shape index (κ1) is 15.9. The Kier molecular flexibility index (Phi) is 5.44. The molecule has 0 radical (unpaired) electrons. The van der Waals surface area contributed by atoms with Crippen molar-refractivity contribution in [1.82, 2.24) is 15.2 Å². The van der Waals surface area contributed by atoms with E-state index in [1.807, 2.05) is 5.38 Å². The molecule has 2 aliphatic rings. The number of hydrogen-bond acceptors (Lipinski definition) is 5. The van der Waals surface area contributed by atoms with Crippen molar-refractivity contribution >= 4 is 17.2 Å². The molecule has 22 heavy (non-hydrogen) atoms. The van der Waals surface area contributed by atoms with Crippen molar-refractivity contribution in [3.8, 4) is 0 Å². The lowest BCUT2D eigenvalue weighted by atomic mass is 9.84. The Labute approximate surface area is 136 Å². The van der Waals surface area contributed by atoms with Crippen LogP contribution in [0.3, 0.4) is 0 Å². The van der Waals surface area contributed by atoms with Crippen LogP contribution in [0.5, 0.6) is 0 Å². The molecule has 2 fully saturated rings. The molecule has 1 saturated carbocycles. The topological polar surface area (TPSA) is 54.5 Å². The molecule has 0 spiro atoms. The van der Waals surface area contributed by atoms with E-state index in [0.717, 1.165) is 42.7 Å². The molecule has 1 unspecified atom stereocenters. The molecule has 1 aliphatic carbocycles. The predicted octanol–water partition coefficient (Wildman–Crippen LogP) is 1.82. The summed E-state index contributed by atoms with van der Waals surface area (Å²) in [6.45, 7) is 5.77. The van der Waals surface area contributed by atoms with E-state index in [4.69, 9.17) is 4.74 Å². The van der Waals surface area contributed by atoms with Crippen molar-refractivity contribution in [3.63, 3.8) is 0 Å². The van der Waals surface area contributed by atoms with Gasteiger partial charge in [0.25, 0.3) is 0 Å². The van der Waals surface area contributed by atoms with Crippen molar-refractivity contribution < 1.29 is 9.53 Å². The lowest BCUT2D eigenvalue weighted by molar-refractivity contribution is -0.133. The van der Waals surface area contributed by atoms with E-state index in [9.17, 15) is 4.79 Å². The van der Waals surface area contributed by atoms with Crippen LogP contribution in [-0.4, -0.2) is 48.1 Å². The van der Waals surface area contributed by atoms with Gasteiger partial charge in [-0.1, -0.05) is 13.3 Å². The zero-order chi connectivity index (χ0) is 15.4. The second kappa shape index (κ2) is 7.53. The van der Waals surface area contributed by atoms with E-state index in [2.05, 4.69) is 22.1 Å². The molecular weight excluding hydrogens is 298 g/mol. The molecule has 5 nitrogen and oxygen atoms in total. The van der Waals surface area contributed by atoms with Gasteiger partial charge in [0.05, 0.1) is 30.5 Å². The van der Waals surface area contributed by atoms with E-state index >= 15 is 0 Å². The lowest BCUT2D eigenvalue weighted by Crippen LogP contribution is -2.55. The molecule has 122 valence electrons. The number of aromatic nitrogens is 1. The van der Waals surface area contributed by atoms with Crippen molar-refractivity contribution in [2.75, 3.05) is 26.3 Å². The SMILES string of the molecule is CCc1nc(CNC(=O)C2COCCN2CC2CCC2)cs1. The van der Waals surface area contributed by atoms with E-state index in [0.29, 0.717) is 13.2 Å². The molecule has 1 aliphatic heterocycles. The summed E-state index contributed by atoms with van der Waals surface area (Å²) in [5.74, 6) is 0.851. The van der Waals surface area contributed by atoms with Crippen LogP contribution in [0.25, 0.3) is 0 Å². The van der Waals surface area contributed by atoms with Gasteiger partial charge in [-0.15, -0.1) is 11.3 Å². The number of carbonyl (C=O) groups is 1. The van der Waals surface area contributed by atoms with E-state index in [1.165, 1.54) is 19.3 Å². The third-order valence-electron chi connectivity index (χ3n) is 4.60. The highest BCUT2D eigenvalue weighted by atomic mass is 32.1. The van der Waals surface area contributed by atoms with Crippen molar-refractivity contribution in [1.29, 1.82) is 0 Å². The van der Waals surface area contributed by atoms with Gasteiger partial charge in [-0.2, -0.15) is 0 Å². The second-order valence-corrected chi connectivity index (χ2v) is 7.13. The standard InChI is InChI=1S/C16H25N3O2S/c1-2-15-18-13(11-22-15)8-17-16(20)14-10-21-7-6-19(14)9-12-4-3-5-12/h11-12,14H,2-10H2,1H3,(H,17,20). The Hall–Kier alpha value is -0.980. The quantitative estimate of drug-likeness (QED) is 0.868. The summed E-state index contributed by atoms with van der Waals surface area (Å²) in [6.07, 6.45) is 4.91. The Balaban J connectivity index is 1.52. The monoisotopic (exact) mass is 323 g/mol. The minimum atomic E-state index is -0.140. The number of ether oxygens (including phenoxy) is 1. The normalized spacial score (nSPS) is 23.2. The van der Waals surface area contributed by atoms with Crippen LogP contribution < -0.4 is 5.32 Å². The van der Waals surface area contributed by atoms with Crippen LogP contribution in [0.15, 0.2) is 5.38 Å². The van der Waals surface area contributed by atoms with E-state index in [-0.39, 0.29) is 11.9 Å². The highest BCUT2D eigenvalue weighted by molar-refractivity contribution is 7.09. The summed E-state index contributed by atoms with van der Waals surface area (Å²) in [4.78, 5) is 19.3. The molecule has 0 bridgehead atoms. The number of hydrogen-bond donors (Lipinski definition) is 1. The van der Waals surface area contributed by atoms with Gasteiger partial charge in [-0.25, -0.2) is 4.98 Å². The Morgan fingerprint density at radius 2 is 2.41 bits per heavy atom. The number of nitrogens with one attached hydrogen (secondary N) is 1. The first-order valence-electron chi connectivity index (χ1n) is 8.29. The van der Waals surface area contributed by atoms with Crippen LogP contribution in [0.1, 0.15) is 36.9 Å². The van der Waals surface area contributed by atoms with Gasteiger partial charge in [0, 0.05) is 18.5 Å². The first-order chi connectivity index (χ1) is 10.8. The van der Waals surface area contributed by atoms with Gasteiger partial charge in [-0.3, -0.25) is 9.69 Å². The fourth-order valence-corrected chi connectivity index (χ4v) is 3.74. The van der Waals surface area contributed by atoms with Crippen LogP contribution in [0, 0.1) is 5.92 Å². The average Bonchev–Trinajstić information content (AvgIpc) is 2.97. The second-order valence-electron chi connectivity index (χ2n) is 6.19. The van der Waals surface area contributed by atoms with Gasteiger partial charge in [0.1, 0.15) is 6.04 Å². The maximum absolute atomic E-state index is 12.5. The molecule has 2 heterocycles. The third-order valence-corrected chi connectivity index (χ3v) is 5.65. The van der Waals surface area contributed by atoms with Gasteiger partial charge in [-0.05, 0) is 25.2 Å². The molecule has 6 heteroatoms. The molecule has 1 amide bonds. The van der Waals surface area contributed by atoms with Crippen LogP contribution >= 0.6 is 11.3 Å². The van der Waals surface area contributed by atoms with Gasteiger partial charge < -0.3 is 10.1 Å². The molecule has 1 aromatic rings. The largest absolute Gasteiger partial charge is 0.378 e. The number of amides is 1. The number of nitrogens with zero attached hydrogens (tertiary/aromatic N) is 2. The zero-order valence-corrected chi connectivity index (χ0v) is 14.0. The van der Waals surface area contributed by atoms with Gasteiger partial charge in [0.2, 0.25) is 5.91 Å². The molecule has 1 saturated heterocycles. The number of morpholine rings is 1. The minimum Gasteiger partial charge on any atom is -0.378 e. The molecular formula is C16H25N3O2S. The highest BCUT2D eigenvalue weighted by Crippen LogP contribution is 2.28. The summed E-state index contributed by atoms with van der Waals surface area (Å²) >= 11 is 1.66. The Morgan fingerprint density at radius 1 is 1.55 bits per heavy atom. The lowest BCUT2D eigenvalue weighted by Gasteiger charge is -2.39. The first-order valence-corrected chi connectivity index (χ1v) is 9.17. The minimum absolute atomic E-state index is 0.0741. The highest BCUT2D eigenvalue weighted by Gasteiger charge is 2.32. The third kappa shape index (κ3) is 3.86. The smallest absolute Gasteiger partial charge is 0.240 e. The van der Waals surface area contributed by atoms with Crippen LogP contribution in [0.4, 0.5) is 0 Å². The summed E-state index contributed by atoms with van der Waals surface area (Å²) in [5, 5.41) is 6.18. The molecule has 3 rings (SSSR count). The molecule has 1 atom stereocenters. The van der Waals surface area contributed by atoms with Crippen molar-refractivity contribution in [2.45, 2.75) is 45.2 Å². The molecule has 0 aromatic carbocycles. The fourth-order valence-electron chi connectivity index (χ4n) is 2.99. The summed E-state index contributed by atoms with van der Waals surface area (Å²) in [5.41, 5.74) is 0.956. The zero-order valence-electron chi connectivity index (χ0n) is 13.2. The average molecular weight is 323 g/mol. The number of rotatable bonds is 6. The summed E-state index contributed by atoms with van der Waals surface area (Å²) < 4.78 is 5.52. The Bertz CT molecular complexity index is 501. The number of thiazole rings is 1. The van der Waals surface area contributed by atoms with E-state index in [1.54, 1.807) is 11.3 Å². The van der Waals surface area contributed by atoms with Crippen molar-refractivity contribution in [2.24, 2.45) is 5.92 Å². The van der Waals surface area contributed by atoms with Crippen molar-refractivity contribution in [3.05, 3.63) is 16.1 Å². The van der Waals surface area contributed by atoms with Crippen LogP contribution in [-0.2, 0) is 22.5 Å². The maximum atomic E-state index is 12.5. The summed E-state index contributed by atoms with van der Waals surface area (Å²) in [6, 6.07) is -0.140. The Morgan fingerprint density at radius 3 is 3.09 bits per heavy atom. The number of carbonyl (C=O) groups excluding carboxylic acids is 1. The predicted molar refractivity (Wildman–Crippen MR) is 86.9 cm³/mol. The van der Waals surface area contributed by atoms with Crippen LogP contribution in [0.2, 0.25) is 0 Å². The maximum Gasteiger partial charge on any atom is 0.240 e.